The molecule has 0 radical (unpaired) electrons. The second kappa shape index (κ2) is 8.81. The molecule has 0 unspecified atom stereocenters. The number of piperazine rings is 1. The Bertz CT molecular complexity index is 1170. The molecule has 0 aliphatic carbocycles. The number of non-ortho nitro benzene ring substituents is 1. The van der Waals surface area contributed by atoms with Gasteiger partial charge in [0.25, 0.3) is 15.7 Å². The molecule has 2 aliphatic rings. The van der Waals surface area contributed by atoms with E-state index >= 15 is 0 Å². The summed E-state index contributed by atoms with van der Waals surface area (Å²) in [4.78, 5) is 39.7. The maximum Gasteiger partial charge on any atom is 0.269 e. The molecule has 2 saturated heterocycles. The molecule has 0 saturated carbocycles. The van der Waals surface area contributed by atoms with Crippen molar-refractivity contribution >= 4 is 33.2 Å². The molecule has 2 heterocycles. The number of sulfonamides is 1. The second-order valence-electron chi connectivity index (χ2n) is 8.15. The summed E-state index contributed by atoms with van der Waals surface area (Å²) in [5.41, 5.74) is 1.71. The van der Waals surface area contributed by atoms with E-state index in [2.05, 4.69) is 0 Å². The van der Waals surface area contributed by atoms with Crippen LogP contribution < -0.4 is 4.90 Å². The van der Waals surface area contributed by atoms with E-state index in [4.69, 9.17) is 0 Å². The molecule has 0 N–H and O–H groups in total. The molecule has 2 aromatic rings. The predicted molar refractivity (Wildman–Crippen MR) is 120 cm³/mol. The number of benzene rings is 2. The lowest BCUT2D eigenvalue weighted by Gasteiger charge is -2.38. The van der Waals surface area contributed by atoms with Crippen LogP contribution in [0.1, 0.15) is 18.4 Å². The average Bonchev–Trinajstić information content (AvgIpc) is 3.21. The third-order valence-electron chi connectivity index (χ3n) is 6.04. The molecule has 2 aromatic carbocycles. The molecule has 0 aromatic heterocycles. The number of amides is 2. The van der Waals surface area contributed by atoms with Gasteiger partial charge in [-0.05, 0) is 37.6 Å². The highest BCUT2D eigenvalue weighted by atomic mass is 32.2. The maximum absolute atomic E-state index is 13.2. The molecule has 174 valence electrons. The molecule has 0 bridgehead atoms. The summed E-state index contributed by atoms with van der Waals surface area (Å²) in [6.45, 7) is 3.54. The quantitative estimate of drug-likeness (QED) is 0.481. The molecular formula is C22H24N4O6S. The third-order valence-corrected chi connectivity index (χ3v) is 7.88. The number of rotatable bonds is 5. The average molecular weight is 473 g/mol. The van der Waals surface area contributed by atoms with E-state index in [9.17, 15) is 28.1 Å². The van der Waals surface area contributed by atoms with Crippen LogP contribution in [0.2, 0.25) is 0 Å². The Balaban J connectivity index is 1.46. The lowest BCUT2D eigenvalue weighted by Crippen LogP contribution is -2.55. The van der Waals surface area contributed by atoms with Gasteiger partial charge in [0.05, 0.1) is 9.82 Å². The fourth-order valence-electron chi connectivity index (χ4n) is 4.19. The third kappa shape index (κ3) is 4.40. The summed E-state index contributed by atoms with van der Waals surface area (Å²) in [5, 5.41) is 10.8. The summed E-state index contributed by atoms with van der Waals surface area (Å²) in [6, 6.07) is 11.4. The normalized spacial score (nSPS) is 19.1. The van der Waals surface area contributed by atoms with Crippen LogP contribution in [0, 0.1) is 17.0 Å². The molecule has 2 aliphatic heterocycles. The number of hydrogen-bond donors (Lipinski definition) is 0. The van der Waals surface area contributed by atoms with E-state index < -0.39 is 26.9 Å². The molecule has 10 nitrogen and oxygen atoms in total. The Kier molecular flexibility index (Phi) is 6.07. The Morgan fingerprint density at radius 2 is 1.61 bits per heavy atom. The Morgan fingerprint density at radius 1 is 1.00 bits per heavy atom. The Morgan fingerprint density at radius 3 is 2.18 bits per heavy atom. The molecule has 4 rings (SSSR count). The highest BCUT2D eigenvalue weighted by molar-refractivity contribution is 7.89. The van der Waals surface area contributed by atoms with Crippen LogP contribution in [0.4, 0.5) is 11.4 Å². The number of aryl methyl sites for hydroxylation is 1. The van der Waals surface area contributed by atoms with Crippen molar-refractivity contribution in [3.05, 3.63) is 64.2 Å². The highest BCUT2D eigenvalue weighted by Gasteiger charge is 2.45. The molecule has 2 amide bonds. The molecule has 1 atom stereocenters. The van der Waals surface area contributed by atoms with E-state index in [0.717, 1.165) is 15.6 Å². The monoisotopic (exact) mass is 472 g/mol. The Labute approximate surface area is 191 Å². The number of carbonyl (C=O) groups is 2. The van der Waals surface area contributed by atoms with Crippen LogP contribution in [0.25, 0.3) is 0 Å². The molecule has 33 heavy (non-hydrogen) atoms. The van der Waals surface area contributed by atoms with E-state index in [0.29, 0.717) is 26.2 Å². The summed E-state index contributed by atoms with van der Waals surface area (Å²) < 4.78 is 27.0. The first-order valence-electron chi connectivity index (χ1n) is 10.6. The Hall–Kier alpha value is -3.47. The predicted octanol–water partition coefficient (Wildman–Crippen LogP) is 1.93. The molecule has 0 spiro atoms. The molecule has 11 heteroatoms. The van der Waals surface area contributed by atoms with E-state index in [1.165, 1.54) is 24.3 Å². The van der Waals surface area contributed by atoms with Gasteiger partial charge in [-0.1, -0.05) is 17.7 Å². The number of nitrogens with zero attached hydrogens (tertiary/aromatic N) is 4. The smallest absolute Gasteiger partial charge is 0.269 e. The minimum absolute atomic E-state index is 0.00422. The fraction of sp³-hybridized carbons (Fsp3) is 0.364. The molecule has 2 fully saturated rings. The SMILES string of the molecule is Cc1ccc(S(=O)(=O)N2C(=O)CC[C@H]2C(=O)N2CCN(c3ccc([N+](=O)[O-])cc3)CC2)cc1. The van der Waals surface area contributed by atoms with Crippen molar-refractivity contribution in [2.75, 3.05) is 31.1 Å². The largest absolute Gasteiger partial charge is 0.368 e. The van der Waals surface area contributed by atoms with Crippen molar-refractivity contribution in [1.29, 1.82) is 0 Å². The van der Waals surface area contributed by atoms with Crippen LogP contribution in [-0.2, 0) is 19.6 Å². The van der Waals surface area contributed by atoms with Crippen LogP contribution in [0.5, 0.6) is 0 Å². The number of nitro benzene ring substituents is 1. The van der Waals surface area contributed by atoms with Gasteiger partial charge in [0.1, 0.15) is 6.04 Å². The summed E-state index contributed by atoms with van der Waals surface area (Å²) in [6.07, 6.45) is 0.162. The zero-order chi connectivity index (χ0) is 23.8. The van der Waals surface area contributed by atoms with Crippen LogP contribution in [0.15, 0.2) is 53.4 Å². The number of anilines is 1. The minimum atomic E-state index is -4.13. The zero-order valence-corrected chi connectivity index (χ0v) is 18.9. The lowest BCUT2D eigenvalue weighted by atomic mass is 10.1. The number of hydrogen-bond acceptors (Lipinski definition) is 7. The van der Waals surface area contributed by atoms with Gasteiger partial charge in [-0.2, -0.15) is 0 Å². The fourth-order valence-corrected chi connectivity index (χ4v) is 5.79. The van der Waals surface area contributed by atoms with Gasteiger partial charge in [0.2, 0.25) is 11.8 Å². The minimum Gasteiger partial charge on any atom is -0.368 e. The highest BCUT2D eigenvalue weighted by Crippen LogP contribution is 2.29. The van der Waals surface area contributed by atoms with Crippen molar-refractivity contribution in [3.63, 3.8) is 0 Å². The van der Waals surface area contributed by atoms with Crippen LogP contribution in [-0.4, -0.2) is 66.6 Å². The van der Waals surface area contributed by atoms with E-state index in [1.807, 2.05) is 11.8 Å². The van der Waals surface area contributed by atoms with Crippen LogP contribution >= 0.6 is 0 Å². The zero-order valence-electron chi connectivity index (χ0n) is 18.1. The van der Waals surface area contributed by atoms with Gasteiger partial charge in [-0.25, -0.2) is 12.7 Å². The first-order valence-corrected chi connectivity index (χ1v) is 12.0. The maximum atomic E-state index is 13.2. The van der Waals surface area contributed by atoms with Gasteiger partial charge in [0.15, 0.2) is 0 Å². The van der Waals surface area contributed by atoms with Crippen molar-refractivity contribution in [2.45, 2.75) is 30.7 Å². The van der Waals surface area contributed by atoms with E-state index in [-0.39, 0.29) is 29.3 Å². The van der Waals surface area contributed by atoms with Gasteiger partial charge in [-0.15, -0.1) is 0 Å². The first kappa shape index (κ1) is 22.7. The first-order chi connectivity index (χ1) is 15.7. The van der Waals surface area contributed by atoms with E-state index in [1.54, 1.807) is 29.2 Å². The standard InChI is InChI=1S/C22H24N4O6S/c1-16-2-8-19(9-3-16)33(31,32)25-20(10-11-21(25)27)22(28)24-14-12-23(13-15-24)17-4-6-18(7-5-17)26(29)30/h2-9,20H,10-15H2,1H3/t20-/m0/s1. The summed E-state index contributed by atoms with van der Waals surface area (Å²) in [7, 11) is -4.13. The van der Waals surface area contributed by atoms with Crippen molar-refractivity contribution in [2.24, 2.45) is 0 Å². The summed E-state index contributed by atoms with van der Waals surface area (Å²) in [5.74, 6) is -0.946. The number of nitro groups is 1. The van der Waals surface area contributed by atoms with Crippen molar-refractivity contribution in [1.82, 2.24) is 9.21 Å². The van der Waals surface area contributed by atoms with Gasteiger partial charge >= 0.3 is 0 Å². The van der Waals surface area contributed by atoms with Crippen molar-refractivity contribution in [3.8, 4) is 0 Å². The lowest BCUT2D eigenvalue weighted by molar-refractivity contribution is -0.384. The topological polar surface area (TPSA) is 121 Å². The molecular weight excluding hydrogens is 448 g/mol. The van der Waals surface area contributed by atoms with Gasteiger partial charge in [0, 0.05) is 50.4 Å². The van der Waals surface area contributed by atoms with Gasteiger partial charge < -0.3 is 9.80 Å². The van der Waals surface area contributed by atoms with Gasteiger partial charge in [-0.3, -0.25) is 19.7 Å². The summed E-state index contributed by atoms with van der Waals surface area (Å²) >= 11 is 0. The second-order valence-corrected chi connectivity index (χ2v) is 9.96. The van der Waals surface area contributed by atoms with Crippen molar-refractivity contribution < 1.29 is 22.9 Å². The van der Waals surface area contributed by atoms with Crippen LogP contribution in [0.3, 0.4) is 0 Å². The number of carbonyl (C=O) groups excluding carboxylic acids is 2.